The molecular weight excluding hydrogens is 248 g/mol. The van der Waals surface area contributed by atoms with Gasteiger partial charge in [0, 0.05) is 17.6 Å². The highest BCUT2D eigenvalue weighted by molar-refractivity contribution is 6.06. The van der Waals surface area contributed by atoms with Crippen molar-refractivity contribution in [3.63, 3.8) is 0 Å². The summed E-state index contributed by atoms with van der Waals surface area (Å²) in [6, 6.07) is 9.91. The summed E-state index contributed by atoms with van der Waals surface area (Å²) in [6.45, 7) is 2.23. The van der Waals surface area contributed by atoms with Gasteiger partial charge in [0.05, 0.1) is 11.1 Å². The minimum absolute atomic E-state index is 0.0300. The fraction of sp³-hybridized carbons (Fsp3) is 0.412. The quantitative estimate of drug-likeness (QED) is 0.905. The van der Waals surface area contributed by atoms with Crippen LogP contribution in [-0.4, -0.2) is 16.9 Å². The van der Waals surface area contributed by atoms with Crippen molar-refractivity contribution in [2.24, 2.45) is 5.92 Å². The van der Waals surface area contributed by atoms with Gasteiger partial charge in [-0.15, -0.1) is 0 Å². The van der Waals surface area contributed by atoms with Crippen molar-refractivity contribution >= 4 is 16.8 Å². The van der Waals surface area contributed by atoms with Crippen LogP contribution in [0.1, 0.15) is 43.0 Å². The summed E-state index contributed by atoms with van der Waals surface area (Å²) < 4.78 is 0. The maximum Gasteiger partial charge on any atom is 0.252 e. The van der Waals surface area contributed by atoms with E-state index in [0.29, 0.717) is 12.0 Å². The summed E-state index contributed by atoms with van der Waals surface area (Å²) in [5, 5.41) is 4.14. The van der Waals surface area contributed by atoms with E-state index in [1.807, 2.05) is 30.3 Å². The lowest BCUT2D eigenvalue weighted by Gasteiger charge is -2.29. The van der Waals surface area contributed by atoms with Crippen molar-refractivity contribution in [3.05, 3.63) is 42.1 Å². The second-order valence-electron chi connectivity index (χ2n) is 5.72. The number of hydrogen-bond acceptors (Lipinski definition) is 2. The van der Waals surface area contributed by atoms with Crippen LogP contribution in [0.25, 0.3) is 10.9 Å². The molecule has 1 fully saturated rings. The molecule has 0 radical (unpaired) electrons. The van der Waals surface area contributed by atoms with Crippen molar-refractivity contribution in [1.82, 2.24) is 10.3 Å². The van der Waals surface area contributed by atoms with Crippen LogP contribution in [0.2, 0.25) is 0 Å². The number of carbonyl (C=O) groups excluding carboxylic acids is 1. The Bertz CT molecular complexity index is 618. The maximum absolute atomic E-state index is 12.5. The van der Waals surface area contributed by atoms with Crippen LogP contribution in [0.4, 0.5) is 0 Å². The number of benzene rings is 1. The van der Waals surface area contributed by atoms with E-state index >= 15 is 0 Å². The van der Waals surface area contributed by atoms with Crippen molar-refractivity contribution in [2.45, 2.75) is 38.6 Å². The molecule has 1 aliphatic carbocycles. The standard InChI is InChI=1S/C17H20N2O/c1-12-6-2-4-8-15(12)19-17(20)14-10-11-18-16-9-5-3-7-13(14)16/h3,5,7,9-12,15H,2,4,6,8H2,1H3,(H,19,20). The average Bonchev–Trinajstić information content (AvgIpc) is 2.49. The molecule has 104 valence electrons. The van der Waals surface area contributed by atoms with Gasteiger partial charge < -0.3 is 5.32 Å². The summed E-state index contributed by atoms with van der Waals surface area (Å²) >= 11 is 0. The normalized spacial score (nSPS) is 22.6. The summed E-state index contributed by atoms with van der Waals surface area (Å²) in [5.74, 6) is 0.600. The third-order valence-electron chi connectivity index (χ3n) is 4.32. The number of nitrogens with zero attached hydrogens (tertiary/aromatic N) is 1. The summed E-state index contributed by atoms with van der Waals surface area (Å²) in [7, 11) is 0. The molecule has 3 rings (SSSR count). The molecule has 0 aliphatic heterocycles. The number of aromatic nitrogens is 1. The van der Waals surface area contributed by atoms with Crippen molar-refractivity contribution in [1.29, 1.82) is 0 Å². The van der Waals surface area contributed by atoms with Crippen molar-refractivity contribution in [2.75, 3.05) is 0 Å². The van der Waals surface area contributed by atoms with E-state index in [1.165, 1.54) is 19.3 Å². The third kappa shape index (κ3) is 2.53. The van der Waals surface area contributed by atoms with Crippen LogP contribution in [0.5, 0.6) is 0 Å². The van der Waals surface area contributed by atoms with Gasteiger partial charge in [-0.05, 0) is 30.9 Å². The molecule has 1 amide bonds. The van der Waals surface area contributed by atoms with E-state index in [4.69, 9.17) is 0 Å². The Morgan fingerprint density at radius 2 is 2.00 bits per heavy atom. The van der Waals surface area contributed by atoms with Gasteiger partial charge in [-0.2, -0.15) is 0 Å². The number of carbonyl (C=O) groups is 1. The third-order valence-corrected chi connectivity index (χ3v) is 4.32. The van der Waals surface area contributed by atoms with Gasteiger partial charge in [-0.3, -0.25) is 9.78 Å². The van der Waals surface area contributed by atoms with Gasteiger partial charge in [0.2, 0.25) is 0 Å². The largest absolute Gasteiger partial charge is 0.349 e. The van der Waals surface area contributed by atoms with E-state index in [2.05, 4.69) is 17.2 Å². The molecule has 1 N–H and O–H groups in total. The summed E-state index contributed by atoms with van der Waals surface area (Å²) in [6.07, 6.45) is 6.51. The molecule has 1 heterocycles. The molecule has 1 aromatic carbocycles. The number of para-hydroxylation sites is 1. The Hall–Kier alpha value is -1.90. The van der Waals surface area contributed by atoms with Gasteiger partial charge in [0.25, 0.3) is 5.91 Å². The van der Waals surface area contributed by atoms with Crippen molar-refractivity contribution in [3.8, 4) is 0 Å². The first-order valence-electron chi connectivity index (χ1n) is 7.40. The molecule has 1 aromatic heterocycles. The minimum Gasteiger partial charge on any atom is -0.349 e. The maximum atomic E-state index is 12.5. The lowest BCUT2D eigenvalue weighted by Crippen LogP contribution is -2.41. The molecular formula is C17H20N2O. The number of fused-ring (bicyclic) bond motifs is 1. The lowest BCUT2D eigenvalue weighted by molar-refractivity contribution is 0.0912. The number of pyridine rings is 1. The van der Waals surface area contributed by atoms with E-state index in [-0.39, 0.29) is 5.91 Å². The van der Waals surface area contributed by atoms with Crippen LogP contribution in [0, 0.1) is 5.92 Å². The van der Waals surface area contributed by atoms with Gasteiger partial charge >= 0.3 is 0 Å². The lowest BCUT2D eigenvalue weighted by atomic mass is 9.86. The Labute approximate surface area is 119 Å². The molecule has 0 bridgehead atoms. The zero-order valence-electron chi connectivity index (χ0n) is 11.8. The minimum atomic E-state index is 0.0300. The predicted octanol–water partition coefficient (Wildman–Crippen LogP) is 3.54. The van der Waals surface area contributed by atoms with Gasteiger partial charge in [-0.25, -0.2) is 0 Å². The predicted molar refractivity (Wildman–Crippen MR) is 80.6 cm³/mol. The Morgan fingerprint density at radius 1 is 1.20 bits per heavy atom. The summed E-state index contributed by atoms with van der Waals surface area (Å²) in [5.41, 5.74) is 1.60. The van der Waals surface area contributed by atoms with Gasteiger partial charge in [-0.1, -0.05) is 38.0 Å². The molecule has 2 unspecified atom stereocenters. The first-order valence-corrected chi connectivity index (χ1v) is 7.40. The fourth-order valence-electron chi connectivity index (χ4n) is 3.07. The molecule has 2 atom stereocenters. The molecule has 20 heavy (non-hydrogen) atoms. The van der Waals surface area contributed by atoms with Crippen molar-refractivity contribution < 1.29 is 4.79 Å². The molecule has 3 heteroatoms. The fourth-order valence-corrected chi connectivity index (χ4v) is 3.07. The second kappa shape index (κ2) is 5.61. The topological polar surface area (TPSA) is 42.0 Å². The van der Waals surface area contributed by atoms with Gasteiger partial charge in [0.1, 0.15) is 0 Å². The highest BCUT2D eigenvalue weighted by Crippen LogP contribution is 2.24. The SMILES string of the molecule is CC1CCCCC1NC(=O)c1ccnc2ccccc12. The molecule has 3 nitrogen and oxygen atoms in total. The molecule has 1 saturated carbocycles. The zero-order chi connectivity index (χ0) is 13.9. The number of hydrogen-bond donors (Lipinski definition) is 1. The number of amides is 1. The monoisotopic (exact) mass is 268 g/mol. The Balaban J connectivity index is 1.85. The first-order chi connectivity index (χ1) is 9.75. The molecule has 0 spiro atoms. The highest BCUT2D eigenvalue weighted by Gasteiger charge is 2.23. The molecule has 0 saturated heterocycles. The highest BCUT2D eigenvalue weighted by atomic mass is 16.1. The van der Waals surface area contributed by atoms with E-state index in [9.17, 15) is 4.79 Å². The summed E-state index contributed by atoms with van der Waals surface area (Å²) in [4.78, 5) is 16.8. The van der Waals surface area contributed by atoms with Crippen LogP contribution < -0.4 is 5.32 Å². The van der Waals surface area contributed by atoms with Gasteiger partial charge in [0.15, 0.2) is 0 Å². The Morgan fingerprint density at radius 3 is 2.85 bits per heavy atom. The van der Waals surface area contributed by atoms with Crippen LogP contribution in [0.3, 0.4) is 0 Å². The first kappa shape index (κ1) is 13.1. The van der Waals surface area contributed by atoms with Crippen LogP contribution >= 0.6 is 0 Å². The average molecular weight is 268 g/mol. The number of nitrogens with one attached hydrogen (secondary N) is 1. The smallest absolute Gasteiger partial charge is 0.252 e. The number of rotatable bonds is 2. The van der Waals surface area contributed by atoms with E-state index < -0.39 is 0 Å². The van der Waals surface area contributed by atoms with E-state index in [1.54, 1.807) is 6.20 Å². The van der Waals surface area contributed by atoms with Crippen LogP contribution in [-0.2, 0) is 0 Å². The second-order valence-corrected chi connectivity index (χ2v) is 5.72. The van der Waals surface area contributed by atoms with E-state index in [0.717, 1.165) is 22.9 Å². The molecule has 2 aromatic rings. The Kier molecular flexibility index (Phi) is 3.68. The zero-order valence-corrected chi connectivity index (χ0v) is 11.8. The molecule has 1 aliphatic rings. The van der Waals surface area contributed by atoms with Crippen LogP contribution in [0.15, 0.2) is 36.5 Å².